The van der Waals surface area contributed by atoms with Crippen LogP contribution >= 0.6 is 27.5 Å². The van der Waals surface area contributed by atoms with Crippen LogP contribution in [0.4, 0.5) is 0 Å². The first-order chi connectivity index (χ1) is 9.65. The van der Waals surface area contributed by atoms with Crippen molar-refractivity contribution in [2.24, 2.45) is 11.8 Å². The number of hydrogen-bond donors (Lipinski definition) is 1. The molecule has 0 saturated heterocycles. The second-order valence-electron chi connectivity index (χ2n) is 5.75. The second-order valence-corrected chi connectivity index (χ2v) is 7.01. The minimum Gasteiger partial charge on any atom is -0.396 e. The molecule has 3 rings (SSSR count). The van der Waals surface area contributed by atoms with Crippen LogP contribution in [0.2, 0.25) is 5.02 Å². The number of halogens is 2. The monoisotopic (exact) mass is 356 g/mol. The molecular formula is C15H18BrClN2O. The Balaban J connectivity index is 1.72. The first-order valence-electron chi connectivity index (χ1n) is 7.09. The van der Waals surface area contributed by atoms with Crippen LogP contribution in [0.25, 0.3) is 10.9 Å². The van der Waals surface area contributed by atoms with Gasteiger partial charge in [0, 0.05) is 29.2 Å². The summed E-state index contributed by atoms with van der Waals surface area (Å²) in [6.07, 6.45) is 6.74. The number of aliphatic hydroxyl groups excluding tert-OH is 1. The van der Waals surface area contributed by atoms with E-state index in [2.05, 4.69) is 27.2 Å². The van der Waals surface area contributed by atoms with Crippen LogP contribution in [-0.2, 0) is 6.54 Å². The van der Waals surface area contributed by atoms with Gasteiger partial charge in [-0.25, -0.2) is 0 Å². The molecule has 1 aliphatic carbocycles. The van der Waals surface area contributed by atoms with Crippen molar-refractivity contribution in [3.05, 3.63) is 27.8 Å². The molecule has 0 radical (unpaired) electrons. The van der Waals surface area contributed by atoms with Gasteiger partial charge in [-0.05, 0) is 65.6 Å². The van der Waals surface area contributed by atoms with Crippen LogP contribution < -0.4 is 0 Å². The number of aliphatic hydroxyl groups is 1. The number of nitrogens with zero attached hydrogens (tertiary/aromatic N) is 2. The lowest BCUT2D eigenvalue weighted by atomic mass is 9.82. The summed E-state index contributed by atoms with van der Waals surface area (Å²) >= 11 is 9.55. The number of fused-ring (bicyclic) bond motifs is 1. The highest BCUT2D eigenvalue weighted by atomic mass is 79.9. The Morgan fingerprint density at radius 3 is 2.65 bits per heavy atom. The van der Waals surface area contributed by atoms with Gasteiger partial charge in [-0.2, -0.15) is 5.10 Å². The first kappa shape index (κ1) is 14.4. The topological polar surface area (TPSA) is 38.0 Å². The molecule has 0 unspecified atom stereocenters. The van der Waals surface area contributed by atoms with Crippen molar-refractivity contribution in [2.75, 3.05) is 6.61 Å². The highest BCUT2D eigenvalue weighted by molar-refractivity contribution is 9.10. The average molecular weight is 358 g/mol. The van der Waals surface area contributed by atoms with Crippen LogP contribution in [0.1, 0.15) is 25.7 Å². The lowest BCUT2D eigenvalue weighted by Crippen LogP contribution is -2.21. The average Bonchev–Trinajstić information content (AvgIpc) is 2.81. The largest absolute Gasteiger partial charge is 0.396 e. The van der Waals surface area contributed by atoms with E-state index in [1.54, 1.807) is 0 Å². The van der Waals surface area contributed by atoms with Crippen LogP contribution in [0.3, 0.4) is 0 Å². The Kier molecular flexibility index (Phi) is 4.34. The van der Waals surface area contributed by atoms with E-state index in [1.165, 1.54) is 12.8 Å². The first-order valence-corrected chi connectivity index (χ1v) is 8.26. The summed E-state index contributed by atoms with van der Waals surface area (Å²) in [5, 5.41) is 15.6. The van der Waals surface area contributed by atoms with Gasteiger partial charge in [-0.1, -0.05) is 11.6 Å². The highest BCUT2D eigenvalue weighted by Gasteiger charge is 2.21. The minimum atomic E-state index is 0.338. The third-order valence-electron chi connectivity index (χ3n) is 4.26. The molecule has 1 aliphatic rings. The van der Waals surface area contributed by atoms with Gasteiger partial charge < -0.3 is 5.11 Å². The smallest absolute Gasteiger partial charge is 0.0938 e. The minimum absolute atomic E-state index is 0.338. The van der Waals surface area contributed by atoms with Gasteiger partial charge in [0.05, 0.1) is 10.5 Å². The fourth-order valence-corrected chi connectivity index (χ4v) is 3.54. The molecule has 1 heterocycles. The molecule has 0 amide bonds. The van der Waals surface area contributed by atoms with Crippen molar-refractivity contribution in [2.45, 2.75) is 32.2 Å². The lowest BCUT2D eigenvalue weighted by molar-refractivity contribution is 0.159. The molecule has 1 fully saturated rings. The van der Waals surface area contributed by atoms with Crippen LogP contribution in [-0.4, -0.2) is 21.5 Å². The zero-order valence-electron chi connectivity index (χ0n) is 11.2. The van der Waals surface area contributed by atoms with Crippen molar-refractivity contribution < 1.29 is 5.11 Å². The molecule has 1 aromatic carbocycles. The molecule has 1 saturated carbocycles. The zero-order chi connectivity index (χ0) is 14.1. The van der Waals surface area contributed by atoms with Crippen molar-refractivity contribution in [1.29, 1.82) is 0 Å². The fraction of sp³-hybridized carbons (Fsp3) is 0.533. The van der Waals surface area contributed by atoms with Crippen LogP contribution in [0.5, 0.6) is 0 Å². The molecule has 3 nitrogen and oxygen atoms in total. The summed E-state index contributed by atoms with van der Waals surface area (Å²) in [6.45, 7) is 1.30. The molecule has 1 N–H and O–H groups in total. The zero-order valence-corrected chi connectivity index (χ0v) is 13.6. The molecule has 5 heteroatoms. The van der Waals surface area contributed by atoms with Gasteiger partial charge in [0.2, 0.25) is 0 Å². The van der Waals surface area contributed by atoms with Gasteiger partial charge in [-0.3, -0.25) is 4.68 Å². The van der Waals surface area contributed by atoms with Crippen molar-refractivity contribution in [3.63, 3.8) is 0 Å². The quantitative estimate of drug-likeness (QED) is 0.891. The number of benzene rings is 1. The van der Waals surface area contributed by atoms with Crippen molar-refractivity contribution >= 4 is 38.4 Å². The Hall–Kier alpha value is -0.580. The van der Waals surface area contributed by atoms with E-state index in [9.17, 15) is 5.11 Å². The van der Waals surface area contributed by atoms with E-state index in [0.29, 0.717) is 23.5 Å². The molecule has 1 aromatic heterocycles. The summed E-state index contributed by atoms with van der Waals surface area (Å²) in [5.41, 5.74) is 0.947. The Labute approximate surface area is 132 Å². The summed E-state index contributed by atoms with van der Waals surface area (Å²) < 4.78 is 2.95. The standard InChI is InChI=1S/C15H18BrClN2O/c16-13-5-12-8-19(18-15(12)6-14(13)17)7-10-1-3-11(9-20)4-2-10/h5-6,8,10-11,20H,1-4,7,9H2. The maximum absolute atomic E-state index is 9.18. The maximum atomic E-state index is 9.18. The summed E-state index contributed by atoms with van der Waals surface area (Å²) in [6, 6.07) is 3.92. The summed E-state index contributed by atoms with van der Waals surface area (Å²) in [5.74, 6) is 1.18. The predicted octanol–water partition coefficient (Wildman–Crippen LogP) is 4.25. The molecular weight excluding hydrogens is 340 g/mol. The maximum Gasteiger partial charge on any atom is 0.0938 e. The normalized spacial score (nSPS) is 23.4. The lowest BCUT2D eigenvalue weighted by Gasteiger charge is -2.27. The molecule has 2 aromatic rings. The molecule has 108 valence electrons. The highest BCUT2D eigenvalue weighted by Crippen LogP contribution is 2.31. The van der Waals surface area contributed by atoms with Gasteiger partial charge >= 0.3 is 0 Å². The van der Waals surface area contributed by atoms with Gasteiger partial charge in [0.15, 0.2) is 0 Å². The van der Waals surface area contributed by atoms with Gasteiger partial charge in [-0.15, -0.1) is 0 Å². The third-order valence-corrected chi connectivity index (χ3v) is 5.46. The van der Waals surface area contributed by atoms with Gasteiger partial charge in [0.25, 0.3) is 0 Å². The van der Waals surface area contributed by atoms with Crippen LogP contribution in [0.15, 0.2) is 22.8 Å². The van der Waals surface area contributed by atoms with Crippen molar-refractivity contribution in [1.82, 2.24) is 9.78 Å². The number of aromatic nitrogens is 2. The van der Waals surface area contributed by atoms with Crippen LogP contribution in [0, 0.1) is 11.8 Å². The summed E-state index contributed by atoms with van der Waals surface area (Å²) in [7, 11) is 0. The SMILES string of the molecule is OCC1CCC(Cn2cc3cc(Br)c(Cl)cc3n2)CC1. The van der Waals surface area contributed by atoms with E-state index >= 15 is 0 Å². The second kappa shape index (κ2) is 6.04. The fourth-order valence-electron chi connectivity index (χ4n) is 3.02. The van der Waals surface area contributed by atoms with E-state index in [4.69, 9.17) is 11.6 Å². The molecule has 0 spiro atoms. The molecule has 0 bridgehead atoms. The molecule has 0 aliphatic heterocycles. The Morgan fingerprint density at radius 2 is 1.95 bits per heavy atom. The van der Waals surface area contributed by atoms with E-state index in [-0.39, 0.29) is 0 Å². The summed E-state index contributed by atoms with van der Waals surface area (Å²) in [4.78, 5) is 0. The van der Waals surface area contributed by atoms with E-state index < -0.39 is 0 Å². The van der Waals surface area contributed by atoms with E-state index in [1.807, 2.05) is 16.8 Å². The molecule has 20 heavy (non-hydrogen) atoms. The number of hydrogen-bond acceptors (Lipinski definition) is 2. The van der Waals surface area contributed by atoms with Crippen molar-refractivity contribution in [3.8, 4) is 0 Å². The Morgan fingerprint density at radius 1 is 1.25 bits per heavy atom. The number of rotatable bonds is 3. The van der Waals surface area contributed by atoms with E-state index in [0.717, 1.165) is 34.8 Å². The predicted molar refractivity (Wildman–Crippen MR) is 85.0 cm³/mol. The third kappa shape index (κ3) is 3.02. The Bertz CT molecular complexity index is 566. The molecule has 0 atom stereocenters. The van der Waals surface area contributed by atoms with Gasteiger partial charge in [0.1, 0.15) is 0 Å².